The zero-order valence-electron chi connectivity index (χ0n) is 17.4. The van der Waals surface area contributed by atoms with E-state index in [4.69, 9.17) is 9.73 Å². The molecule has 0 radical (unpaired) electrons. The van der Waals surface area contributed by atoms with Crippen LogP contribution in [0.3, 0.4) is 0 Å². The van der Waals surface area contributed by atoms with Crippen LogP contribution in [0.15, 0.2) is 64.5 Å². The lowest BCUT2D eigenvalue weighted by Crippen LogP contribution is -2.39. The third kappa shape index (κ3) is 6.87. The lowest BCUT2D eigenvalue weighted by atomic mass is 9.96. The summed E-state index contributed by atoms with van der Waals surface area (Å²) in [5.74, 6) is 1.42. The van der Waals surface area contributed by atoms with Crippen LogP contribution in [0.1, 0.15) is 25.3 Å². The first kappa shape index (κ1) is 24.5. The van der Waals surface area contributed by atoms with E-state index in [1.807, 2.05) is 13.0 Å². The Morgan fingerprint density at radius 3 is 2.30 bits per heavy atom. The summed E-state index contributed by atoms with van der Waals surface area (Å²) in [5, 5.41) is 6.57. The third-order valence-electron chi connectivity index (χ3n) is 5.04. The van der Waals surface area contributed by atoms with Crippen LogP contribution in [0, 0.1) is 0 Å². The number of nitrogens with one attached hydrogen (secondary N) is 2. The number of hydrogen-bond donors (Lipinski definition) is 2. The Morgan fingerprint density at radius 2 is 1.73 bits per heavy atom. The zero-order chi connectivity index (χ0) is 20.7. The quantitative estimate of drug-likeness (QED) is 0.220. The fourth-order valence-electron chi connectivity index (χ4n) is 3.17. The monoisotopic (exact) mass is 543 g/mol. The normalized spacial score (nSPS) is 15.1. The molecule has 0 amide bonds. The number of ether oxygens (including phenoxy) is 1. The van der Waals surface area contributed by atoms with Crippen LogP contribution in [0.4, 0.5) is 0 Å². The van der Waals surface area contributed by atoms with E-state index in [-0.39, 0.29) is 34.3 Å². The molecule has 3 rings (SSSR count). The van der Waals surface area contributed by atoms with Crippen LogP contribution < -0.4 is 15.4 Å². The van der Waals surface area contributed by atoms with Crippen molar-refractivity contribution in [3.8, 4) is 5.75 Å². The first-order chi connectivity index (χ1) is 13.9. The van der Waals surface area contributed by atoms with Gasteiger partial charge in [0.15, 0.2) is 15.8 Å². The van der Waals surface area contributed by atoms with Gasteiger partial charge < -0.3 is 15.4 Å². The van der Waals surface area contributed by atoms with Gasteiger partial charge in [0.1, 0.15) is 12.4 Å². The van der Waals surface area contributed by atoms with E-state index in [0.29, 0.717) is 18.9 Å². The highest BCUT2D eigenvalue weighted by atomic mass is 127. The van der Waals surface area contributed by atoms with Crippen molar-refractivity contribution in [3.05, 3.63) is 60.2 Å². The summed E-state index contributed by atoms with van der Waals surface area (Å²) in [5.41, 5.74) is 1.54. The number of aliphatic imine (C=N–C) groups is 1. The first-order valence-electron chi connectivity index (χ1n) is 9.94. The van der Waals surface area contributed by atoms with Gasteiger partial charge in [-0.3, -0.25) is 4.99 Å². The standard InChI is InChI=1S/C22H29N3O3S.HI/c1-3-23-21(25-17-22(13-14-22)18-7-5-4-6-8-18)24-15-16-28-19-9-11-20(12-10-19)29(2,26)27;/h4-12H,3,13-17H2,1-2H3,(H2,23,24,25);1H. The smallest absolute Gasteiger partial charge is 0.191 e. The van der Waals surface area contributed by atoms with Gasteiger partial charge in [0.05, 0.1) is 18.0 Å². The van der Waals surface area contributed by atoms with Crippen molar-refractivity contribution in [3.63, 3.8) is 0 Å². The fourth-order valence-corrected chi connectivity index (χ4v) is 3.80. The van der Waals surface area contributed by atoms with Crippen molar-refractivity contribution >= 4 is 39.8 Å². The molecule has 1 aliphatic carbocycles. The summed E-state index contributed by atoms with van der Waals surface area (Å²) in [6.45, 7) is 4.64. The number of nitrogens with zero attached hydrogens (tertiary/aromatic N) is 1. The number of halogens is 1. The molecular formula is C22H30IN3O3S. The van der Waals surface area contributed by atoms with Gasteiger partial charge in [-0.05, 0) is 49.6 Å². The second-order valence-electron chi connectivity index (χ2n) is 7.36. The molecule has 0 atom stereocenters. The molecule has 2 aromatic rings. The Kier molecular flexibility index (Phi) is 8.96. The molecule has 0 spiro atoms. The van der Waals surface area contributed by atoms with Crippen molar-refractivity contribution in [1.82, 2.24) is 10.6 Å². The molecule has 8 heteroatoms. The van der Waals surface area contributed by atoms with E-state index in [1.54, 1.807) is 24.3 Å². The highest BCUT2D eigenvalue weighted by Crippen LogP contribution is 2.48. The maximum atomic E-state index is 11.5. The summed E-state index contributed by atoms with van der Waals surface area (Å²) in [4.78, 5) is 5.07. The van der Waals surface area contributed by atoms with Gasteiger partial charge in [0, 0.05) is 18.2 Å². The molecule has 2 aromatic carbocycles. The maximum absolute atomic E-state index is 11.5. The summed E-state index contributed by atoms with van der Waals surface area (Å²) in [6, 6.07) is 17.1. The minimum absolute atomic E-state index is 0. The predicted octanol–water partition coefficient (Wildman–Crippen LogP) is 3.37. The predicted molar refractivity (Wildman–Crippen MR) is 132 cm³/mol. The second-order valence-corrected chi connectivity index (χ2v) is 9.38. The van der Waals surface area contributed by atoms with E-state index < -0.39 is 9.84 Å². The van der Waals surface area contributed by atoms with Crippen molar-refractivity contribution < 1.29 is 13.2 Å². The largest absolute Gasteiger partial charge is 0.492 e. The topological polar surface area (TPSA) is 79.8 Å². The second kappa shape index (κ2) is 11.0. The minimum Gasteiger partial charge on any atom is -0.492 e. The van der Waals surface area contributed by atoms with Gasteiger partial charge in [0.25, 0.3) is 0 Å². The van der Waals surface area contributed by atoms with E-state index in [2.05, 4.69) is 34.9 Å². The molecule has 0 saturated heterocycles. The molecule has 6 nitrogen and oxygen atoms in total. The summed E-state index contributed by atoms with van der Waals surface area (Å²) < 4.78 is 28.7. The molecule has 1 saturated carbocycles. The molecule has 1 fully saturated rings. The van der Waals surface area contributed by atoms with Gasteiger partial charge in [-0.2, -0.15) is 0 Å². The van der Waals surface area contributed by atoms with E-state index in [9.17, 15) is 8.42 Å². The Labute approximate surface area is 196 Å². The van der Waals surface area contributed by atoms with Crippen molar-refractivity contribution in [2.24, 2.45) is 4.99 Å². The fraction of sp³-hybridized carbons (Fsp3) is 0.409. The molecule has 0 aliphatic heterocycles. The van der Waals surface area contributed by atoms with Crippen molar-refractivity contribution in [2.45, 2.75) is 30.1 Å². The molecular weight excluding hydrogens is 513 g/mol. The Hall–Kier alpha value is -1.81. The summed E-state index contributed by atoms with van der Waals surface area (Å²) in [7, 11) is -3.19. The zero-order valence-corrected chi connectivity index (χ0v) is 20.6. The third-order valence-corrected chi connectivity index (χ3v) is 6.17. The molecule has 1 aliphatic rings. The van der Waals surface area contributed by atoms with Gasteiger partial charge in [0.2, 0.25) is 0 Å². The Morgan fingerprint density at radius 1 is 1.07 bits per heavy atom. The van der Waals surface area contributed by atoms with Crippen LogP contribution in [0.25, 0.3) is 0 Å². The summed E-state index contributed by atoms with van der Waals surface area (Å²) in [6.07, 6.45) is 3.54. The van der Waals surface area contributed by atoms with Gasteiger partial charge >= 0.3 is 0 Å². The van der Waals surface area contributed by atoms with Crippen molar-refractivity contribution in [2.75, 3.05) is 32.5 Å². The van der Waals surface area contributed by atoms with Crippen LogP contribution >= 0.6 is 24.0 Å². The van der Waals surface area contributed by atoms with Gasteiger partial charge in [-0.1, -0.05) is 30.3 Å². The average molecular weight is 543 g/mol. The first-order valence-corrected chi connectivity index (χ1v) is 11.8. The Balaban J connectivity index is 0.00000320. The number of rotatable bonds is 9. The van der Waals surface area contributed by atoms with Crippen LogP contribution in [0.5, 0.6) is 5.75 Å². The van der Waals surface area contributed by atoms with E-state index in [1.165, 1.54) is 24.7 Å². The SMILES string of the molecule is CCNC(=NCC1(c2ccccc2)CC1)NCCOc1ccc(S(C)(=O)=O)cc1.I. The number of sulfone groups is 1. The lowest BCUT2D eigenvalue weighted by Gasteiger charge is -2.16. The van der Waals surface area contributed by atoms with Gasteiger partial charge in [-0.25, -0.2) is 8.42 Å². The number of guanidine groups is 1. The highest BCUT2D eigenvalue weighted by Gasteiger charge is 2.43. The molecule has 2 N–H and O–H groups in total. The number of benzene rings is 2. The van der Waals surface area contributed by atoms with Crippen LogP contribution in [-0.2, 0) is 15.3 Å². The van der Waals surface area contributed by atoms with E-state index >= 15 is 0 Å². The lowest BCUT2D eigenvalue weighted by molar-refractivity contribution is 0.321. The van der Waals surface area contributed by atoms with Crippen molar-refractivity contribution in [1.29, 1.82) is 0 Å². The highest BCUT2D eigenvalue weighted by molar-refractivity contribution is 14.0. The van der Waals surface area contributed by atoms with Crippen LogP contribution in [-0.4, -0.2) is 46.9 Å². The molecule has 0 unspecified atom stereocenters. The molecule has 30 heavy (non-hydrogen) atoms. The maximum Gasteiger partial charge on any atom is 0.191 e. The molecule has 0 heterocycles. The molecule has 164 valence electrons. The molecule has 0 bridgehead atoms. The van der Waals surface area contributed by atoms with Gasteiger partial charge in [-0.15, -0.1) is 24.0 Å². The Bertz CT molecular complexity index is 928. The van der Waals surface area contributed by atoms with E-state index in [0.717, 1.165) is 19.0 Å². The van der Waals surface area contributed by atoms with Crippen LogP contribution in [0.2, 0.25) is 0 Å². The molecule has 0 aromatic heterocycles. The average Bonchev–Trinajstić information content (AvgIpc) is 3.51. The minimum atomic E-state index is -3.19. The number of hydrogen-bond acceptors (Lipinski definition) is 4. The summed E-state index contributed by atoms with van der Waals surface area (Å²) >= 11 is 0.